The van der Waals surface area contributed by atoms with Crippen molar-refractivity contribution in [3.63, 3.8) is 0 Å². The summed E-state index contributed by atoms with van der Waals surface area (Å²) in [6.07, 6.45) is 4.33. The van der Waals surface area contributed by atoms with E-state index >= 15 is 0 Å². The first-order chi connectivity index (χ1) is 7.70. The van der Waals surface area contributed by atoms with Crippen LogP contribution in [0.4, 0.5) is 0 Å². The number of benzene rings is 1. The maximum Gasteiger partial charge on any atom is 0.163 e. The van der Waals surface area contributed by atoms with Crippen LogP contribution < -0.4 is 4.74 Å². The largest absolute Gasteiger partial charge is 0.487 e. The molecule has 2 rings (SSSR count). The standard InChI is InChI=1S/C14H16O2/c1-3-10(2)16-12-8-7-11-5-4-6-14(15)13(11)9-12/h3,7-10H,1,4-6H2,2H3. The van der Waals surface area contributed by atoms with Crippen LogP contribution in [-0.2, 0) is 6.42 Å². The predicted molar refractivity (Wildman–Crippen MR) is 64.0 cm³/mol. The molecule has 0 saturated heterocycles. The first-order valence-corrected chi connectivity index (χ1v) is 5.66. The van der Waals surface area contributed by atoms with Crippen molar-refractivity contribution >= 4 is 5.78 Å². The monoisotopic (exact) mass is 216 g/mol. The van der Waals surface area contributed by atoms with E-state index in [-0.39, 0.29) is 11.9 Å². The maximum absolute atomic E-state index is 11.7. The number of carbonyl (C=O) groups is 1. The summed E-state index contributed by atoms with van der Waals surface area (Å²) < 4.78 is 5.61. The van der Waals surface area contributed by atoms with Crippen molar-refractivity contribution in [1.82, 2.24) is 0 Å². The second kappa shape index (κ2) is 4.52. The van der Waals surface area contributed by atoms with Gasteiger partial charge in [-0.25, -0.2) is 0 Å². The molecule has 0 aromatic heterocycles. The van der Waals surface area contributed by atoms with Crippen LogP contribution in [0, 0.1) is 0 Å². The Morgan fingerprint density at radius 2 is 2.25 bits per heavy atom. The summed E-state index contributed by atoms with van der Waals surface area (Å²) in [4.78, 5) is 11.7. The fraction of sp³-hybridized carbons (Fsp3) is 0.357. The minimum atomic E-state index is -0.0308. The molecule has 1 unspecified atom stereocenters. The summed E-state index contributed by atoms with van der Waals surface area (Å²) in [5, 5.41) is 0. The normalized spacial score (nSPS) is 16.4. The van der Waals surface area contributed by atoms with Gasteiger partial charge in [-0.05, 0) is 37.5 Å². The number of ketones is 1. The molecule has 0 fully saturated rings. The molecule has 0 amide bonds. The van der Waals surface area contributed by atoms with E-state index in [0.717, 1.165) is 29.7 Å². The van der Waals surface area contributed by atoms with Gasteiger partial charge in [0.1, 0.15) is 11.9 Å². The summed E-state index contributed by atoms with van der Waals surface area (Å²) in [5.41, 5.74) is 1.98. The van der Waals surface area contributed by atoms with Gasteiger partial charge in [-0.3, -0.25) is 4.79 Å². The van der Waals surface area contributed by atoms with E-state index in [1.54, 1.807) is 6.08 Å². The van der Waals surface area contributed by atoms with E-state index < -0.39 is 0 Å². The number of Topliss-reactive ketones (excluding diaryl/α,β-unsaturated/α-hetero) is 1. The summed E-state index contributed by atoms with van der Waals surface area (Å²) in [6, 6.07) is 5.78. The van der Waals surface area contributed by atoms with Crippen molar-refractivity contribution in [1.29, 1.82) is 0 Å². The fourth-order valence-corrected chi connectivity index (χ4v) is 1.94. The number of hydrogen-bond acceptors (Lipinski definition) is 2. The molecule has 2 nitrogen and oxygen atoms in total. The average Bonchev–Trinajstić information content (AvgIpc) is 2.30. The highest BCUT2D eigenvalue weighted by molar-refractivity contribution is 5.98. The second-order valence-electron chi connectivity index (χ2n) is 4.15. The molecule has 0 radical (unpaired) electrons. The highest BCUT2D eigenvalue weighted by Gasteiger charge is 2.17. The third-order valence-corrected chi connectivity index (χ3v) is 2.89. The Labute approximate surface area is 95.9 Å². The Morgan fingerprint density at radius 3 is 3.00 bits per heavy atom. The van der Waals surface area contributed by atoms with Crippen molar-refractivity contribution in [2.75, 3.05) is 0 Å². The lowest BCUT2D eigenvalue weighted by Gasteiger charge is -2.17. The van der Waals surface area contributed by atoms with Gasteiger partial charge in [-0.1, -0.05) is 18.7 Å². The molecule has 1 atom stereocenters. The third-order valence-electron chi connectivity index (χ3n) is 2.89. The van der Waals surface area contributed by atoms with Gasteiger partial charge in [0.2, 0.25) is 0 Å². The molecule has 0 spiro atoms. The van der Waals surface area contributed by atoms with E-state index in [1.165, 1.54) is 0 Å². The maximum atomic E-state index is 11.7. The van der Waals surface area contributed by atoms with Gasteiger partial charge in [0.25, 0.3) is 0 Å². The molecule has 0 aliphatic heterocycles. The molecule has 1 aliphatic rings. The van der Waals surface area contributed by atoms with Crippen LogP contribution in [0.15, 0.2) is 30.9 Å². The minimum Gasteiger partial charge on any atom is -0.487 e. The molecule has 1 aromatic carbocycles. The van der Waals surface area contributed by atoms with Gasteiger partial charge in [-0.15, -0.1) is 0 Å². The first kappa shape index (κ1) is 10.9. The zero-order valence-corrected chi connectivity index (χ0v) is 9.53. The molecule has 2 heteroatoms. The van der Waals surface area contributed by atoms with Gasteiger partial charge < -0.3 is 4.74 Å². The summed E-state index contributed by atoms with van der Waals surface area (Å²) in [7, 11) is 0. The molecule has 0 N–H and O–H groups in total. The molecular formula is C14H16O2. The number of aryl methyl sites for hydroxylation is 1. The summed E-state index contributed by atoms with van der Waals surface area (Å²) in [5.74, 6) is 0.986. The van der Waals surface area contributed by atoms with Crippen LogP contribution in [0.5, 0.6) is 5.75 Å². The van der Waals surface area contributed by atoms with Crippen LogP contribution in [0.2, 0.25) is 0 Å². The number of rotatable bonds is 3. The highest BCUT2D eigenvalue weighted by Crippen LogP contribution is 2.25. The average molecular weight is 216 g/mol. The van der Waals surface area contributed by atoms with E-state index in [0.29, 0.717) is 6.42 Å². The number of ether oxygens (including phenoxy) is 1. The van der Waals surface area contributed by atoms with Gasteiger partial charge >= 0.3 is 0 Å². The number of fused-ring (bicyclic) bond motifs is 1. The molecular weight excluding hydrogens is 200 g/mol. The molecule has 1 aromatic rings. The van der Waals surface area contributed by atoms with Crippen molar-refractivity contribution in [2.24, 2.45) is 0 Å². The fourth-order valence-electron chi connectivity index (χ4n) is 1.94. The lowest BCUT2D eigenvalue weighted by molar-refractivity contribution is 0.0972. The van der Waals surface area contributed by atoms with Gasteiger partial charge in [-0.2, -0.15) is 0 Å². The predicted octanol–water partition coefficient (Wildman–Crippen LogP) is 3.16. The molecule has 16 heavy (non-hydrogen) atoms. The smallest absolute Gasteiger partial charge is 0.163 e. The summed E-state index contributed by atoms with van der Waals surface area (Å²) >= 11 is 0. The van der Waals surface area contributed by atoms with Crippen molar-refractivity contribution in [3.8, 4) is 5.75 Å². The lowest BCUT2D eigenvalue weighted by Crippen LogP contribution is -2.12. The van der Waals surface area contributed by atoms with Crippen LogP contribution in [-0.4, -0.2) is 11.9 Å². The molecule has 0 heterocycles. The van der Waals surface area contributed by atoms with E-state index in [1.807, 2.05) is 25.1 Å². The highest BCUT2D eigenvalue weighted by atomic mass is 16.5. The Kier molecular flexibility index (Phi) is 3.09. The van der Waals surface area contributed by atoms with Gasteiger partial charge in [0, 0.05) is 12.0 Å². The second-order valence-corrected chi connectivity index (χ2v) is 4.15. The van der Waals surface area contributed by atoms with Crippen LogP contribution in [0.1, 0.15) is 35.7 Å². The minimum absolute atomic E-state index is 0.0308. The SMILES string of the molecule is C=CC(C)Oc1ccc2c(c1)C(=O)CCC2. The number of hydrogen-bond donors (Lipinski definition) is 0. The van der Waals surface area contributed by atoms with E-state index in [2.05, 4.69) is 6.58 Å². The summed E-state index contributed by atoms with van der Waals surface area (Å²) in [6.45, 7) is 5.59. The van der Waals surface area contributed by atoms with E-state index in [4.69, 9.17) is 4.74 Å². The third kappa shape index (κ3) is 2.16. The first-order valence-electron chi connectivity index (χ1n) is 5.66. The zero-order chi connectivity index (χ0) is 11.5. The van der Waals surface area contributed by atoms with Crippen molar-refractivity contribution in [3.05, 3.63) is 42.0 Å². The Morgan fingerprint density at radius 1 is 1.44 bits per heavy atom. The van der Waals surface area contributed by atoms with Crippen LogP contribution in [0.3, 0.4) is 0 Å². The van der Waals surface area contributed by atoms with Crippen LogP contribution >= 0.6 is 0 Å². The molecule has 1 aliphatic carbocycles. The molecule has 0 bridgehead atoms. The van der Waals surface area contributed by atoms with Crippen molar-refractivity contribution < 1.29 is 9.53 Å². The lowest BCUT2D eigenvalue weighted by atomic mass is 9.90. The topological polar surface area (TPSA) is 26.3 Å². The quantitative estimate of drug-likeness (QED) is 0.725. The Balaban J connectivity index is 2.27. The molecule has 0 saturated carbocycles. The van der Waals surface area contributed by atoms with Gasteiger partial charge in [0.05, 0.1) is 0 Å². The number of carbonyl (C=O) groups excluding carboxylic acids is 1. The van der Waals surface area contributed by atoms with Gasteiger partial charge in [0.15, 0.2) is 5.78 Å². The molecule has 84 valence electrons. The Hall–Kier alpha value is -1.57. The van der Waals surface area contributed by atoms with E-state index in [9.17, 15) is 4.79 Å². The van der Waals surface area contributed by atoms with Crippen molar-refractivity contribution in [2.45, 2.75) is 32.3 Å². The Bertz CT molecular complexity index is 421. The van der Waals surface area contributed by atoms with Crippen LogP contribution in [0.25, 0.3) is 0 Å². The zero-order valence-electron chi connectivity index (χ0n) is 9.53.